The molecule has 0 N–H and O–H groups in total. The molecule has 0 aliphatic carbocycles. The van der Waals surface area contributed by atoms with E-state index in [-0.39, 0.29) is 6.61 Å². The maximum atomic E-state index is 13.5. The fourth-order valence-corrected chi connectivity index (χ4v) is 1.46. The number of hydrogen-bond donors (Lipinski definition) is 0. The SMILES string of the molecule is N#Cc1ccc(F)c(COc2ccc(C=O)nc2)c1. The summed E-state index contributed by atoms with van der Waals surface area (Å²) >= 11 is 0. The summed E-state index contributed by atoms with van der Waals surface area (Å²) in [5.41, 5.74) is 0.956. The van der Waals surface area contributed by atoms with Gasteiger partial charge in [-0.25, -0.2) is 9.37 Å². The third-order valence-corrected chi connectivity index (χ3v) is 2.45. The highest BCUT2D eigenvalue weighted by molar-refractivity contribution is 5.71. The van der Waals surface area contributed by atoms with E-state index < -0.39 is 5.82 Å². The van der Waals surface area contributed by atoms with Crippen LogP contribution in [0.5, 0.6) is 5.75 Å². The first-order chi connectivity index (χ1) is 9.22. The molecule has 0 aliphatic rings. The van der Waals surface area contributed by atoms with Gasteiger partial charge in [-0.3, -0.25) is 4.79 Å². The minimum Gasteiger partial charge on any atom is -0.487 e. The summed E-state index contributed by atoms with van der Waals surface area (Å²) < 4.78 is 18.8. The van der Waals surface area contributed by atoms with Crippen LogP contribution in [0.25, 0.3) is 0 Å². The van der Waals surface area contributed by atoms with Gasteiger partial charge in [0, 0.05) is 5.56 Å². The van der Waals surface area contributed by atoms with Crippen molar-refractivity contribution >= 4 is 6.29 Å². The first-order valence-electron chi connectivity index (χ1n) is 5.45. The van der Waals surface area contributed by atoms with E-state index in [0.717, 1.165) is 0 Å². The second-order valence-electron chi connectivity index (χ2n) is 3.74. The molecular weight excluding hydrogens is 247 g/mol. The molecule has 4 nitrogen and oxygen atoms in total. The van der Waals surface area contributed by atoms with E-state index in [1.807, 2.05) is 6.07 Å². The molecule has 2 rings (SSSR count). The molecule has 5 heteroatoms. The van der Waals surface area contributed by atoms with Crippen LogP contribution in [0, 0.1) is 17.1 Å². The number of benzene rings is 1. The highest BCUT2D eigenvalue weighted by atomic mass is 19.1. The minimum atomic E-state index is -0.434. The van der Waals surface area contributed by atoms with Crippen LogP contribution in [-0.2, 0) is 6.61 Å². The second-order valence-corrected chi connectivity index (χ2v) is 3.74. The Morgan fingerprint density at radius 3 is 2.84 bits per heavy atom. The Labute approximate surface area is 109 Å². The summed E-state index contributed by atoms with van der Waals surface area (Å²) in [5.74, 6) is -0.0103. The van der Waals surface area contributed by atoms with Gasteiger partial charge in [0.1, 0.15) is 23.9 Å². The second kappa shape index (κ2) is 5.74. The standard InChI is InChI=1S/C14H9FN2O2/c15-14-4-1-10(6-16)5-11(14)9-19-13-3-2-12(8-18)17-7-13/h1-5,7-8H,9H2. The smallest absolute Gasteiger partial charge is 0.168 e. The first-order valence-corrected chi connectivity index (χ1v) is 5.45. The number of carbonyl (C=O) groups excluding carboxylic acids is 1. The molecule has 0 saturated heterocycles. The monoisotopic (exact) mass is 256 g/mol. The molecule has 1 aromatic heterocycles. The number of nitriles is 1. The van der Waals surface area contributed by atoms with Crippen molar-refractivity contribution in [2.45, 2.75) is 6.61 Å². The quantitative estimate of drug-likeness (QED) is 0.788. The van der Waals surface area contributed by atoms with Gasteiger partial charge in [-0.1, -0.05) is 0 Å². The van der Waals surface area contributed by atoms with Crippen molar-refractivity contribution in [3.63, 3.8) is 0 Å². The molecule has 0 unspecified atom stereocenters. The van der Waals surface area contributed by atoms with Gasteiger partial charge < -0.3 is 4.74 Å². The van der Waals surface area contributed by atoms with Crippen LogP contribution in [0.15, 0.2) is 36.5 Å². The Hall–Kier alpha value is -2.74. The maximum absolute atomic E-state index is 13.5. The number of aromatic nitrogens is 1. The van der Waals surface area contributed by atoms with Gasteiger partial charge in [0.05, 0.1) is 17.8 Å². The Balaban J connectivity index is 2.09. The number of nitrogens with zero attached hydrogens (tertiary/aromatic N) is 2. The summed E-state index contributed by atoms with van der Waals surface area (Å²) in [6.07, 6.45) is 2.01. The molecule has 0 saturated carbocycles. The molecule has 0 atom stereocenters. The van der Waals surface area contributed by atoms with Crippen LogP contribution >= 0.6 is 0 Å². The highest BCUT2D eigenvalue weighted by Gasteiger charge is 2.05. The Morgan fingerprint density at radius 1 is 1.37 bits per heavy atom. The molecule has 0 radical (unpaired) electrons. The van der Waals surface area contributed by atoms with Crippen molar-refractivity contribution in [2.75, 3.05) is 0 Å². The van der Waals surface area contributed by atoms with E-state index in [0.29, 0.717) is 28.9 Å². The summed E-state index contributed by atoms with van der Waals surface area (Å²) in [7, 11) is 0. The number of pyridine rings is 1. The zero-order chi connectivity index (χ0) is 13.7. The van der Waals surface area contributed by atoms with Crippen LogP contribution in [-0.4, -0.2) is 11.3 Å². The molecule has 0 amide bonds. The molecule has 0 aliphatic heterocycles. The number of hydrogen-bond acceptors (Lipinski definition) is 4. The number of halogens is 1. The Kier molecular flexibility index (Phi) is 3.84. The number of rotatable bonds is 4. The van der Waals surface area contributed by atoms with Gasteiger partial charge >= 0.3 is 0 Å². The van der Waals surface area contributed by atoms with Crippen molar-refractivity contribution in [1.29, 1.82) is 5.26 Å². The normalized spacial score (nSPS) is 9.68. The predicted octanol–water partition coefficient (Wildman–Crippen LogP) is 2.48. The van der Waals surface area contributed by atoms with E-state index >= 15 is 0 Å². The van der Waals surface area contributed by atoms with E-state index in [9.17, 15) is 9.18 Å². The molecule has 0 fully saturated rings. The lowest BCUT2D eigenvalue weighted by molar-refractivity contribution is 0.111. The van der Waals surface area contributed by atoms with Crippen LogP contribution in [0.3, 0.4) is 0 Å². The average Bonchev–Trinajstić information content (AvgIpc) is 2.47. The number of carbonyl (C=O) groups is 1. The minimum absolute atomic E-state index is 0.0104. The van der Waals surface area contributed by atoms with Crippen molar-refractivity contribution in [3.8, 4) is 11.8 Å². The van der Waals surface area contributed by atoms with Gasteiger partial charge in [0.15, 0.2) is 6.29 Å². The summed E-state index contributed by atoms with van der Waals surface area (Å²) in [4.78, 5) is 14.3. The molecule has 0 spiro atoms. The van der Waals surface area contributed by atoms with Gasteiger partial charge in [-0.05, 0) is 30.3 Å². The third-order valence-electron chi connectivity index (χ3n) is 2.45. The Morgan fingerprint density at radius 2 is 2.21 bits per heavy atom. The molecule has 1 aromatic carbocycles. The number of ether oxygens (including phenoxy) is 1. The lowest BCUT2D eigenvalue weighted by atomic mass is 10.1. The lowest BCUT2D eigenvalue weighted by Gasteiger charge is -2.07. The van der Waals surface area contributed by atoms with Crippen LogP contribution < -0.4 is 4.74 Å². The maximum Gasteiger partial charge on any atom is 0.168 e. The van der Waals surface area contributed by atoms with Gasteiger partial charge in [-0.2, -0.15) is 5.26 Å². The summed E-state index contributed by atoms with van der Waals surface area (Å²) in [5, 5.41) is 8.74. The van der Waals surface area contributed by atoms with Crippen molar-refractivity contribution in [3.05, 3.63) is 59.2 Å². The van der Waals surface area contributed by atoms with Crippen molar-refractivity contribution in [1.82, 2.24) is 4.98 Å². The van der Waals surface area contributed by atoms with E-state index in [1.54, 1.807) is 6.07 Å². The Bertz CT molecular complexity index is 633. The van der Waals surface area contributed by atoms with Gasteiger partial charge in [-0.15, -0.1) is 0 Å². The highest BCUT2D eigenvalue weighted by Crippen LogP contribution is 2.15. The molecule has 19 heavy (non-hydrogen) atoms. The molecule has 0 bridgehead atoms. The topological polar surface area (TPSA) is 63.0 Å². The van der Waals surface area contributed by atoms with Crippen LogP contribution in [0.1, 0.15) is 21.6 Å². The van der Waals surface area contributed by atoms with E-state index in [1.165, 1.54) is 30.5 Å². The molecular formula is C14H9FN2O2. The van der Waals surface area contributed by atoms with Gasteiger partial charge in [0.2, 0.25) is 0 Å². The van der Waals surface area contributed by atoms with Crippen LogP contribution in [0.2, 0.25) is 0 Å². The predicted molar refractivity (Wildman–Crippen MR) is 65.1 cm³/mol. The molecule has 94 valence electrons. The van der Waals surface area contributed by atoms with Crippen molar-refractivity contribution in [2.24, 2.45) is 0 Å². The summed E-state index contributed by atoms with van der Waals surface area (Å²) in [6, 6.07) is 9.07. The molecule has 1 heterocycles. The van der Waals surface area contributed by atoms with Crippen LogP contribution in [0.4, 0.5) is 4.39 Å². The fourth-order valence-electron chi connectivity index (χ4n) is 1.46. The summed E-state index contributed by atoms with van der Waals surface area (Å²) in [6.45, 7) is -0.0104. The zero-order valence-corrected chi connectivity index (χ0v) is 9.84. The van der Waals surface area contributed by atoms with Gasteiger partial charge in [0.25, 0.3) is 0 Å². The van der Waals surface area contributed by atoms with E-state index in [4.69, 9.17) is 10.00 Å². The zero-order valence-electron chi connectivity index (χ0n) is 9.84. The van der Waals surface area contributed by atoms with E-state index in [2.05, 4.69) is 4.98 Å². The first kappa shape index (κ1) is 12.7. The fraction of sp³-hybridized carbons (Fsp3) is 0.0714. The third kappa shape index (κ3) is 3.13. The molecule has 2 aromatic rings. The average molecular weight is 256 g/mol. The largest absolute Gasteiger partial charge is 0.487 e. The number of aldehydes is 1. The lowest BCUT2D eigenvalue weighted by Crippen LogP contribution is -2.00. The van der Waals surface area contributed by atoms with Crippen molar-refractivity contribution < 1.29 is 13.9 Å².